The van der Waals surface area contributed by atoms with E-state index in [1.807, 2.05) is 0 Å². The van der Waals surface area contributed by atoms with Crippen molar-refractivity contribution in [1.29, 1.82) is 0 Å². The molecule has 1 atom stereocenters. The van der Waals surface area contributed by atoms with Crippen LogP contribution in [0.4, 0.5) is 0 Å². The first-order valence-corrected chi connectivity index (χ1v) is 5.83. The highest BCUT2D eigenvalue weighted by molar-refractivity contribution is 5.94. The second kappa shape index (κ2) is 6.26. The SMILES string of the molecule is O=C(NCC1COCCO1)c1ccc(C(=O)O)nc1. The molecule has 19 heavy (non-hydrogen) atoms. The topological polar surface area (TPSA) is 97.8 Å². The van der Waals surface area contributed by atoms with Gasteiger partial charge in [-0.3, -0.25) is 4.79 Å². The first kappa shape index (κ1) is 13.4. The Morgan fingerprint density at radius 2 is 2.26 bits per heavy atom. The van der Waals surface area contributed by atoms with Gasteiger partial charge < -0.3 is 19.9 Å². The molecule has 1 aliphatic heterocycles. The third kappa shape index (κ3) is 3.73. The smallest absolute Gasteiger partial charge is 0.354 e. The van der Waals surface area contributed by atoms with E-state index < -0.39 is 5.97 Å². The number of hydrogen-bond donors (Lipinski definition) is 2. The Morgan fingerprint density at radius 1 is 1.42 bits per heavy atom. The second-order valence-electron chi connectivity index (χ2n) is 4.02. The van der Waals surface area contributed by atoms with Crippen molar-refractivity contribution >= 4 is 11.9 Å². The van der Waals surface area contributed by atoms with Crippen molar-refractivity contribution in [2.24, 2.45) is 0 Å². The van der Waals surface area contributed by atoms with Gasteiger partial charge in [-0.25, -0.2) is 9.78 Å². The summed E-state index contributed by atoms with van der Waals surface area (Å²) in [5.74, 6) is -1.45. The van der Waals surface area contributed by atoms with Gasteiger partial charge in [0.05, 0.1) is 31.5 Å². The second-order valence-corrected chi connectivity index (χ2v) is 4.02. The summed E-state index contributed by atoms with van der Waals surface area (Å²) < 4.78 is 10.6. The number of carbonyl (C=O) groups excluding carboxylic acids is 1. The number of carboxylic acids is 1. The molecular weight excluding hydrogens is 252 g/mol. The van der Waals surface area contributed by atoms with Crippen LogP contribution in [0.25, 0.3) is 0 Å². The van der Waals surface area contributed by atoms with Crippen LogP contribution in [0.2, 0.25) is 0 Å². The normalized spacial score (nSPS) is 18.8. The van der Waals surface area contributed by atoms with Crippen molar-refractivity contribution in [2.75, 3.05) is 26.4 Å². The molecule has 0 bridgehead atoms. The van der Waals surface area contributed by atoms with Crippen molar-refractivity contribution in [3.63, 3.8) is 0 Å². The summed E-state index contributed by atoms with van der Waals surface area (Å²) in [5.41, 5.74) is 0.210. The van der Waals surface area contributed by atoms with Crippen molar-refractivity contribution in [1.82, 2.24) is 10.3 Å². The van der Waals surface area contributed by atoms with Crippen LogP contribution in [0.5, 0.6) is 0 Å². The molecule has 7 nitrogen and oxygen atoms in total. The maximum Gasteiger partial charge on any atom is 0.354 e. The number of nitrogens with zero attached hydrogens (tertiary/aromatic N) is 1. The summed E-state index contributed by atoms with van der Waals surface area (Å²) >= 11 is 0. The molecule has 2 N–H and O–H groups in total. The number of carboxylic acid groups (broad SMARTS) is 1. The van der Waals surface area contributed by atoms with Gasteiger partial charge in [-0.15, -0.1) is 0 Å². The number of carbonyl (C=O) groups is 2. The lowest BCUT2D eigenvalue weighted by molar-refractivity contribution is -0.0855. The van der Waals surface area contributed by atoms with Crippen LogP contribution in [0.3, 0.4) is 0 Å². The zero-order valence-electron chi connectivity index (χ0n) is 10.2. The Bertz CT molecular complexity index is 454. The Kier molecular flexibility index (Phi) is 4.43. The van der Waals surface area contributed by atoms with E-state index in [0.29, 0.717) is 31.9 Å². The zero-order valence-corrected chi connectivity index (χ0v) is 10.2. The minimum atomic E-state index is -1.13. The molecule has 2 heterocycles. The monoisotopic (exact) mass is 266 g/mol. The number of hydrogen-bond acceptors (Lipinski definition) is 5. The summed E-state index contributed by atoms with van der Waals surface area (Å²) in [6, 6.07) is 2.71. The number of pyridine rings is 1. The minimum Gasteiger partial charge on any atom is -0.477 e. The fourth-order valence-electron chi connectivity index (χ4n) is 1.62. The van der Waals surface area contributed by atoms with Crippen LogP contribution in [-0.2, 0) is 9.47 Å². The Labute approximate surface area is 109 Å². The molecule has 102 valence electrons. The lowest BCUT2D eigenvalue weighted by Gasteiger charge is -2.23. The van der Waals surface area contributed by atoms with Gasteiger partial charge in [0, 0.05) is 12.7 Å². The van der Waals surface area contributed by atoms with Crippen LogP contribution in [0.15, 0.2) is 18.3 Å². The van der Waals surface area contributed by atoms with Crippen LogP contribution in [-0.4, -0.2) is 54.4 Å². The van der Waals surface area contributed by atoms with Gasteiger partial charge in [-0.2, -0.15) is 0 Å². The molecule has 1 fully saturated rings. The Hall–Kier alpha value is -1.99. The molecule has 0 aliphatic carbocycles. The standard InChI is InChI=1S/C12H14N2O5/c15-11(14-6-9-7-18-3-4-19-9)8-1-2-10(12(16)17)13-5-8/h1-2,5,9H,3-4,6-7H2,(H,14,15)(H,16,17). The Balaban J connectivity index is 1.86. The van der Waals surface area contributed by atoms with E-state index in [2.05, 4.69) is 10.3 Å². The van der Waals surface area contributed by atoms with Gasteiger partial charge in [-0.05, 0) is 12.1 Å². The van der Waals surface area contributed by atoms with Gasteiger partial charge in [-0.1, -0.05) is 0 Å². The summed E-state index contributed by atoms with van der Waals surface area (Å²) in [4.78, 5) is 26.1. The highest BCUT2D eigenvalue weighted by Gasteiger charge is 2.16. The highest BCUT2D eigenvalue weighted by Crippen LogP contribution is 2.02. The molecule has 0 radical (unpaired) electrons. The molecule has 1 saturated heterocycles. The van der Waals surface area contributed by atoms with E-state index in [1.54, 1.807) is 0 Å². The highest BCUT2D eigenvalue weighted by atomic mass is 16.6. The zero-order chi connectivity index (χ0) is 13.7. The van der Waals surface area contributed by atoms with E-state index >= 15 is 0 Å². The molecule has 1 unspecified atom stereocenters. The van der Waals surface area contributed by atoms with Crippen LogP contribution in [0.1, 0.15) is 20.8 Å². The first-order chi connectivity index (χ1) is 9.16. The van der Waals surface area contributed by atoms with Gasteiger partial charge >= 0.3 is 5.97 Å². The molecule has 7 heteroatoms. The summed E-state index contributed by atoms with van der Waals surface area (Å²) in [5, 5.41) is 11.4. The molecule has 1 amide bonds. The molecular formula is C12H14N2O5. The number of ether oxygens (including phenoxy) is 2. The largest absolute Gasteiger partial charge is 0.477 e. The van der Waals surface area contributed by atoms with Crippen molar-refractivity contribution in [2.45, 2.75) is 6.10 Å². The Morgan fingerprint density at radius 3 is 2.84 bits per heavy atom. The quantitative estimate of drug-likeness (QED) is 0.791. The van der Waals surface area contributed by atoms with Gasteiger partial charge in [0.25, 0.3) is 5.91 Å². The van der Waals surface area contributed by atoms with Crippen LogP contribution >= 0.6 is 0 Å². The maximum atomic E-state index is 11.8. The predicted molar refractivity (Wildman–Crippen MR) is 64.1 cm³/mol. The fourth-order valence-corrected chi connectivity index (χ4v) is 1.62. The van der Waals surface area contributed by atoms with E-state index in [0.717, 1.165) is 0 Å². The average Bonchev–Trinajstić information content (AvgIpc) is 2.46. The molecule has 0 spiro atoms. The third-order valence-corrected chi connectivity index (χ3v) is 2.62. The predicted octanol–water partition coefficient (Wildman–Crippen LogP) is -0.0750. The van der Waals surface area contributed by atoms with Crippen molar-refractivity contribution in [3.05, 3.63) is 29.6 Å². The van der Waals surface area contributed by atoms with Crippen molar-refractivity contribution in [3.8, 4) is 0 Å². The molecule has 1 aromatic heterocycles. The number of nitrogens with one attached hydrogen (secondary N) is 1. The van der Waals surface area contributed by atoms with Crippen molar-refractivity contribution < 1.29 is 24.2 Å². The molecule has 1 aromatic rings. The van der Waals surface area contributed by atoms with Crippen LogP contribution in [0, 0.1) is 0 Å². The number of aromatic carboxylic acids is 1. The van der Waals surface area contributed by atoms with E-state index in [1.165, 1.54) is 18.3 Å². The molecule has 0 saturated carbocycles. The number of aromatic nitrogens is 1. The minimum absolute atomic E-state index is 0.0967. The third-order valence-electron chi connectivity index (χ3n) is 2.62. The lowest BCUT2D eigenvalue weighted by Crippen LogP contribution is -2.39. The molecule has 0 aromatic carbocycles. The van der Waals surface area contributed by atoms with Gasteiger partial charge in [0.1, 0.15) is 5.69 Å². The maximum absolute atomic E-state index is 11.8. The summed E-state index contributed by atoms with van der Waals surface area (Å²) in [6.45, 7) is 1.90. The number of amides is 1. The first-order valence-electron chi connectivity index (χ1n) is 5.83. The number of rotatable bonds is 4. The molecule has 1 aliphatic rings. The van der Waals surface area contributed by atoms with E-state index in [4.69, 9.17) is 14.6 Å². The molecule has 2 rings (SSSR count). The van der Waals surface area contributed by atoms with E-state index in [9.17, 15) is 9.59 Å². The fraction of sp³-hybridized carbons (Fsp3) is 0.417. The summed E-state index contributed by atoms with van der Waals surface area (Å²) in [6.07, 6.45) is 1.08. The van der Waals surface area contributed by atoms with Gasteiger partial charge in [0.2, 0.25) is 0 Å². The van der Waals surface area contributed by atoms with Gasteiger partial charge in [0.15, 0.2) is 0 Å². The van der Waals surface area contributed by atoms with Crippen LogP contribution < -0.4 is 5.32 Å². The lowest BCUT2D eigenvalue weighted by atomic mass is 10.2. The summed E-state index contributed by atoms with van der Waals surface area (Å²) in [7, 11) is 0. The van der Waals surface area contributed by atoms with E-state index in [-0.39, 0.29) is 17.7 Å². The average molecular weight is 266 g/mol.